The number of carbonyl (C=O) groups is 1. The Morgan fingerprint density at radius 3 is 2.81 bits per heavy atom. The number of aromatic nitrogens is 2. The maximum absolute atomic E-state index is 12.6. The summed E-state index contributed by atoms with van der Waals surface area (Å²) in [4.78, 5) is 33.4. The number of nitrogens with zero attached hydrogens (tertiary/aromatic N) is 2. The van der Waals surface area contributed by atoms with Crippen molar-refractivity contribution in [3.63, 3.8) is 0 Å². The number of rotatable bonds is 3. The highest BCUT2D eigenvalue weighted by atomic mass is 16.2. The molecular formula is C16H23N3O2. The van der Waals surface area contributed by atoms with E-state index >= 15 is 0 Å². The Morgan fingerprint density at radius 1 is 1.33 bits per heavy atom. The third kappa shape index (κ3) is 3.17. The Balaban J connectivity index is 1.75. The molecule has 2 fully saturated rings. The number of carbonyl (C=O) groups excluding carboxylic acids is 1. The molecule has 3 rings (SSSR count). The molecule has 1 aromatic heterocycles. The van der Waals surface area contributed by atoms with Crippen molar-refractivity contribution >= 4 is 5.91 Å². The Labute approximate surface area is 124 Å². The fourth-order valence-electron chi connectivity index (χ4n) is 3.69. The number of H-pyrrole nitrogens is 1. The van der Waals surface area contributed by atoms with Crippen LogP contribution in [0.5, 0.6) is 0 Å². The SMILES string of the molecule is Cc1cc(=O)[nH]c(C2CCCN2C(=O)CC2CCCC2)n1. The molecule has 1 atom stereocenters. The molecule has 0 spiro atoms. The number of hydrogen-bond donors (Lipinski definition) is 1. The van der Waals surface area contributed by atoms with Gasteiger partial charge >= 0.3 is 0 Å². The zero-order valence-electron chi connectivity index (χ0n) is 12.6. The third-order valence-electron chi connectivity index (χ3n) is 4.71. The van der Waals surface area contributed by atoms with Crippen molar-refractivity contribution in [2.75, 3.05) is 6.54 Å². The van der Waals surface area contributed by atoms with E-state index in [2.05, 4.69) is 9.97 Å². The van der Waals surface area contributed by atoms with Crippen LogP contribution >= 0.6 is 0 Å². The van der Waals surface area contributed by atoms with E-state index in [9.17, 15) is 9.59 Å². The zero-order valence-corrected chi connectivity index (χ0v) is 12.6. The molecule has 1 N–H and O–H groups in total. The molecule has 1 aliphatic carbocycles. The molecule has 0 radical (unpaired) electrons. The van der Waals surface area contributed by atoms with Crippen molar-refractivity contribution in [2.24, 2.45) is 5.92 Å². The van der Waals surface area contributed by atoms with E-state index in [1.807, 2.05) is 11.8 Å². The highest BCUT2D eigenvalue weighted by Crippen LogP contribution is 2.33. The minimum Gasteiger partial charge on any atom is -0.333 e. The van der Waals surface area contributed by atoms with E-state index in [4.69, 9.17) is 0 Å². The first kappa shape index (κ1) is 14.3. The molecule has 1 saturated carbocycles. The molecule has 114 valence electrons. The van der Waals surface area contributed by atoms with E-state index in [1.54, 1.807) is 0 Å². The Bertz CT molecular complexity index is 575. The Kier molecular flexibility index (Phi) is 4.08. The number of nitrogens with one attached hydrogen (secondary N) is 1. The fraction of sp³-hybridized carbons (Fsp3) is 0.688. The van der Waals surface area contributed by atoms with Gasteiger partial charge < -0.3 is 9.88 Å². The molecule has 5 heteroatoms. The third-order valence-corrected chi connectivity index (χ3v) is 4.71. The lowest BCUT2D eigenvalue weighted by molar-refractivity contribution is -0.133. The minimum atomic E-state index is -0.132. The van der Waals surface area contributed by atoms with Gasteiger partial charge in [0.1, 0.15) is 5.82 Å². The molecule has 5 nitrogen and oxygen atoms in total. The molecule has 0 bridgehead atoms. The van der Waals surface area contributed by atoms with Crippen molar-refractivity contribution in [1.82, 2.24) is 14.9 Å². The summed E-state index contributed by atoms with van der Waals surface area (Å²) in [7, 11) is 0. The van der Waals surface area contributed by atoms with Crippen LogP contribution in [0.4, 0.5) is 0 Å². The van der Waals surface area contributed by atoms with Crippen molar-refractivity contribution < 1.29 is 4.79 Å². The van der Waals surface area contributed by atoms with Crippen molar-refractivity contribution in [3.05, 3.63) is 27.9 Å². The van der Waals surface area contributed by atoms with E-state index < -0.39 is 0 Å². The highest BCUT2D eigenvalue weighted by Gasteiger charge is 2.33. The average Bonchev–Trinajstić information content (AvgIpc) is 3.07. The quantitative estimate of drug-likeness (QED) is 0.928. The second-order valence-electron chi connectivity index (χ2n) is 6.37. The van der Waals surface area contributed by atoms with Gasteiger partial charge in [-0.25, -0.2) is 4.98 Å². The van der Waals surface area contributed by atoms with Crippen LogP contribution in [0.3, 0.4) is 0 Å². The monoisotopic (exact) mass is 289 g/mol. The number of aryl methyl sites for hydroxylation is 1. The predicted octanol–water partition coefficient (Wildman–Crippen LogP) is 2.32. The molecule has 1 aliphatic heterocycles. The van der Waals surface area contributed by atoms with Crippen LogP contribution in [0.15, 0.2) is 10.9 Å². The summed E-state index contributed by atoms with van der Waals surface area (Å²) in [6.07, 6.45) is 7.42. The normalized spacial score (nSPS) is 22.9. The van der Waals surface area contributed by atoms with Gasteiger partial charge in [-0.05, 0) is 38.5 Å². The van der Waals surface area contributed by atoms with Gasteiger partial charge in [0.2, 0.25) is 5.91 Å². The summed E-state index contributed by atoms with van der Waals surface area (Å²) in [5.74, 6) is 1.44. The standard InChI is InChI=1S/C16H23N3O2/c1-11-9-14(20)18-16(17-11)13-7-4-8-19(13)15(21)10-12-5-2-3-6-12/h9,12-13H,2-8,10H2,1H3,(H,17,18,20). The van der Waals surface area contributed by atoms with E-state index in [1.165, 1.54) is 31.7 Å². The van der Waals surface area contributed by atoms with Gasteiger partial charge in [0.15, 0.2) is 0 Å². The van der Waals surface area contributed by atoms with Crippen LogP contribution in [0.1, 0.15) is 62.5 Å². The van der Waals surface area contributed by atoms with E-state index in [-0.39, 0.29) is 17.5 Å². The van der Waals surface area contributed by atoms with Gasteiger partial charge in [-0.2, -0.15) is 0 Å². The first-order chi connectivity index (χ1) is 10.1. The van der Waals surface area contributed by atoms with Crippen LogP contribution in [0.25, 0.3) is 0 Å². The maximum atomic E-state index is 12.6. The minimum absolute atomic E-state index is 0.0495. The molecule has 2 heterocycles. The Hall–Kier alpha value is -1.65. The van der Waals surface area contributed by atoms with Gasteiger partial charge in [-0.1, -0.05) is 12.8 Å². The van der Waals surface area contributed by atoms with Gasteiger partial charge in [-0.3, -0.25) is 9.59 Å². The second-order valence-corrected chi connectivity index (χ2v) is 6.37. The van der Waals surface area contributed by atoms with Crippen LogP contribution in [-0.4, -0.2) is 27.3 Å². The van der Waals surface area contributed by atoms with Crippen molar-refractivity contribution in [3.8, 4) is 0 Å². The summed E-state index contributed by atoms with van der Waals surface area (Å²) in [6.45, 7) is 2.60. The number of likely N-dealkylation sites (tertiary alicyclic amines) is 1. The van der Waals surface area contributed by atoms with Crippen LogP contribution in [0, 0.1) is 12.8 Å². The maximum Gasteiger partial charge on any atom is 0.251 e. The Morgan fingerprint density at radius 2 is 2.10 bits per heavy atom. The van der Waals surface area contributed by atoms with Crippen molar-refractivity contribution in [1.29, 1.82) is 0 Å². The summed E-state index contributed by atoms with van der Waals surface area (Å²) < 4.78 is 0. The molecule has 1 amide bonds. The van der Waals surface area contributed by atoms with Gasteiger partial charge in [-0.15, -0.1) is 0 Å². The van der Waals surface area contributed by atoms with Crippen LogP contribution in [0.2, 0.25) is 0 Å². The molecule has 1 aromatic rings. The lowest BCUT2D eigenvalue weighted by Crippen LogP contribution is -2.33. The van der Waals surface area contributed by atoms with Gasteiger partial charge in [0.25, 0.3) is 5.56 Å². The van der Waals surface area contributed by atoms with E-state index in [0.29, 0.717) is 23.9 Å². The summed E-state index contributed by atoms with van der Waals surface area (Å²) in [5.41, 5.74) is 0.580. The average molecular weight is 289 g/mol. The van der Waals surface area contributed by atoms with Crippen LogP contribution < -0.4 is 5.56 Å². The smallest absolute Gasteiger partial charge is 0.251 e. The molecule has 0 aromatic carbocycles. The molecule has 2 aliphatic rings. The molecule has 21 heavy (non-hydrogen) atoms. The number of hydrogen-bond acceptors (Lipinski definition) is 3. The largest absolute Gasteiger partial charge is 0.333 e. The lowest BCUT2D eigenvalue weighted by Gasteiger charge is -2.25. The summed E-state index contributed by atoms with van der Waals surface area (Å²) in [5, 5.41) is 0. The molecule has 1 saturated heterocycles. The summed E-state index contributed by atoms with van der Waals surface area (Å²) >= 11 is 0. The number of aromatic amines is 1. The number of amides is 1. The second kappa shape index (κ2) is 6.00. The van der Waals surface area contributed by atoms with Gasteiger partial charge in [0, 0.05) is 24.7 Å². The van der Waals surface area contributed by atoms with Crippen LogP contribution in [-0.2, 0) is 4.79 Å². The summed E-state index contributed by atoms with van der Waals surface area (Å²) in [6, 6.07) is 1.44. The molecule has 1 unspecified atom stereocenters. The first-order valence-electron chi connectivity index (χ1n) is 8.01. The highest BCUT2D eigenvalue weighted by molar-refractivity contribution is 5.77. The van der Waals surface area contributed by atoms with E-state index in [0.717, 1.165) is 19.4 Å². The lowest BCUT2D eigenvalue weighted by atomic mass is 10.0. The zero-order chi connectivity index (χ0) is 14.8. The molecular weight excluding hydrogens is 266 g/mol. The fourth-order valence-corrected chi connectivity index (χ4v) is 3.69. The predicted molar refractivity (Wildman–Crippen MR) is 79.9 cm³/mol. The van der Waals surface area contributed by atoms with Gasteiger partial charge in [0.05, 0.1) is 6.04 Å². The first-order valence-corrected chi connectivity index (χ1v) is 8.01. The topological polar surface area (TPSA) is 66.1 Å². The van der Waals surface area contributed by atoms with Crippen molar-refractivity contribution in [2.45, 2.75) is 57.9 Å².